The Morgan fingerprint density at radius 1 is 1.47 bits per heavy atom. The normalized spacial score (nSPS) is 25.4. The Morgan fingerprint density at radius 2 is 2.20 bits per heavy atom. The highest BCUT2D eigenvalue weighted by molar-refractivity contribution is 5.75. The van der Waals surface area contributed by atoms with Crippen molar-refractivity contribution in [3.8, 4) is 0 Å². The van der Waals surface area contributed by atoms with Crippen molar-refractivity contribution in [3.63, 3.8) is 0 Å². The highest BCUT2D eigenvalue weighted by atomic mass is 19.1. The summed E-state index contributed by atoms with van der Waals surface area (Å²) in [5.74, 6) is -1.50. The largest absolute Gasteiger partial charge is 0.480 e. The lowest BCUT2D eigenvalue weighted by Crippen LogP contribution is -2.34. The molecule has 1 aromatic rings. The summed E-state index contributed by atoms with van der Waals surface area (Å²) >= 11 is 0. The Hall–Kier alpha value is -1.42. The van der Waals surface area contributed by atoms with Gasteiger partial charge in [-0.25, -0.2) is 4.39 Å². The highest BCUT2D eigenvalue weighted by Crippen LogP contribution is 2.29. The molecule has 0 radical (unpaired) electrons. The van der Waals surface area contributed by atoms with Gasteiger partial charge in [0.25, 0.3) is 0 Å². The average Bonchev–Trinajstić information content (AvgIpc) is 2.67. The topological polar surface area (TPSA) is 49.3 Å². The SMILES string of the molecule is O=C(O)[C@H]1NCC[C@@H]1c1ccccc1F. The van der Waals surface area contributed by atoms with Gasteiger partial charge in [-0.3, -0.25) is 4.79 Å². The molecule has 1 heterocycles. The van der Waals surface area contributed by atoms with E-state index in [1.54, 1.807) is 18.2 Å². The third-order valence-corrected chi connectivity index (χ3v) is 2.79. The molecule has 15 heavy (non-hydrogen) atoms. The van der Waals surface area contributed by atoms with Gasteiger partial charge in [0.15, 0.2) is 0 Å². The van der Waals surface area contributed by atoms with Crippen molar-refractivity contribution in [1.29, 1.82) is 0 Å². The summed E-state index contributed by atoms with van der Waals surface area (Å²) in [5, 5.41) is 11.8. The molecule has 0 aromatic heterocycles. The van der Waals surface area contributed by atoms with Crippen LogP contribution in [0, 0.1) is 5.82 Å². The van der Waals surface area contributed by atoms with Gasteiger partial charge in [-0.05, 0) is 24.6 Å². The molecule has 80 valence electrons. The number of carboxylic acids is 1. The quantitative estimate of drug-likeness (QED) is 0.773. The number of benzene rings is 1. The summed E-state index contributed by atoms with van der Waals surface area (Å²) in [6.45, 7) is 0.621. The minimum atomic E-state index is -0.916. The number of hydrogen-bond donors (Lipinski definition) is 2. The van der Waals surface area contributed by atoms with Crippen LogP contribution in [-0.4, -0.2) is 23.7 Å². The summed E-state index contributed by atoms with van der Waals surface area (Å²) in [6, 6.07) is 5.70. The first-order valence-electron chi connectivity index (χ1n) is 4.91. The Morgan fingerprint density at radius 3 is 2.87 bits per heavy atom. The van der Waals surface area contributed by atoms with Crippen molar-refractivity contribution in [3.05, 3.63) is 35.6 Å². The van der Waals surface area contributed by atoms with Gasteiger partial charge in [-0.1, -0.05) is 18.2 Å². The number of halogens is 1. The van der Waals surface area contributed by atoms with E-state index in [-0.39, 0.29) is 11.7 Å². The number of carbonyl (C=O) groups is 1. The molecule has 1 aliphatic heterocycles. The predicted octanol–water partition coefficient (Wildman–Crippen LogP) is 1.36. The zero-order valence-corrected chi connectivity index (χ0v) is 8.11. The van der Waals surface area contributed by atoms with Gasteiger partial charge in [0.05, 0.1) is 0 Å². The Balaban J connectivity index is 2.30. The zero-order chi connectivity index (χ0) is 10.8. The van der Waals surface area contributed by atoms with Gasteiger partial charge in [-0.15, -0.1) is 0 Å². The first-order valence-corrected chi connectivity index (χ1v) is 4.91. The van der Waals surface area contributed by atoms with Crippen LogP contribution in [0.15, 0.2) is 24.3 Å². The van der Waals surface area contributed by atoms with Crippen molar-refractivity contribution in [2.75, 3.05) is 6.54 Å². The predicted molar refractivity (Wildman–Crippen MR) is 53.2 cm³/mol. The van der Waals surface area contributed by atoms with E-state index in [9.17, 15) is 9.18 Å². The molecule has 0 aliphatic carbocycles. The van der Waals surface area contributed by atoms with Crippen molar-refractivity contribution < 1.29 is 14.3 Å². The second-order valence-corrected chi connectivity index (χ2v) is 3.69. The number of hydrogen-bond acceptors (Lipinski definition) is 2. The maximum atomic E-state index is 13.5. The van der Waals surface area contributed by atoms with Gasteiger partial charge in [0, 0.05) is 5.92 Å². The molecule has 0 unspecified atom stereocenters. The van der Waals surface area contributed by atoms with Crippen LogP contribution >= 0.6 is 0 Å². The molecule has 3 nitrogen and oxygen atoms in total. The van der Waals surface area contributed by atoms with E-state index in [1.807, 2.05) is 0 Å². The smallest absolute Gasteiger partial charge is 0.321 e. The minimum Gasteiger partial charge on any atom is -0.480 e. The first kappa shape index (κ1) is 10.1. The fourth-order valence-electron chi connectivity index (χ4n) is 2.07. The van der Waals surface area contributed by atoms with E-state index >= 15 is 0 Å². The van der Waals surface area contributed by atoms with Gasteiger partial charge >= 0.3 is 5.97 Å². The Bertz CT molecular complexity index is 381. The van der Waals surface area contributed by atoms with Gasteiger partial charge < -0.3 is 10.4 Å². The van der Waals surface area contributed by atoms with E-state index in [4.69, 9.17) is 5.11 Å². The number of carboxylic acid groups (broad SMARTS) is 1. The Labute approximate surface area is 86.9 Å². The lowest BCUT2D eigenvalue weighted by Gasteiger charge is -2.16. The first-order chi connectivity index (χ1) is 7.20. The van der Waals surface area contributed by atoms with Crippen LogP contribution in [0.2, 0.25) is 0 Å². The molecule has 0 saturated carbocycles. The van der Waals surface area contributed by atoms with Crippen LogP contribution in [0.4, 0.5) is 4.39 Å². The lowest BCUT2D eigenvalue weighted by atomic mass is 9.91. The molecule has 2 atom stereocenters. The molecule has 2 rings (SSSR count). The highest BCUT2D eigenvalue weighted by Gasteiger charge is 2.34. The number of rotatable bonds is 2. The van der Waals surface area contributed by atoms with Crippen molar-refractivity contribution >= 4 is 5.97 Å². The molecular weight excluding hydrogens is 197 g/mol. The van der Waals surface area contributed by atoms with Crippen LogP contribution in [0.25, 0.3) is 0 Å². The van der Waals surface area contributed by atoms with Gasteiger partial charge in [-0.2, -0.15) is 0 Å². The third kappa shape index (κ3) is 1.85. The van der Waals surface area contributed by atoms with Crippen molar-refractivity contribution in [2.24, 2.45) is 0 Å². The van der Waals surface area contributed by atoms with Crippen molar-refractivity contribution in [2.45, 2.75) is 18.4 Å². The van der Waals surface area contributed by atoms with E-state index in [2.05, 4.69) is 5.32 Å². The summed E-state index contributed by atoms with van der Waals surface area (Å²) < 4.78 is 13.5. The molecule has 0 spiro atoms. The Kier molecular flexibility index (Phi) is 2.68. The second-order valence-electron chi connectivity index (χ2n) is 3.69. The van der Waals surface area contributed by atoms with Crippen LogP contribution in [0.1, 0.15) is 17.9 Å². The van der Waals surface area contributed by atoms with Crippen LogP contribution in [0.3, 0.4) is 0 Å². The van der Waals surface area contributed by atoms with E-state index < -0.39 is 12.0 Å². The molecule has 1 saturated heterocycles. The van der Waals surface area contributed by atoms with Gasteiger partial charge in [0.1, 0.15) is 11.9 Å². The molecule has 0 bridgehead atoms. The third-order valence-electron chi connectivity index (χ3n) is 2.79. The van der Waals surface area contributed by atoms with E-state index in [0.29, 0.717) is 18.5 Å². The fourth-order valence-corrected chi connectivity index (χ4v) is 2.07. The number of nitrogens with one attached hydrogen (secondary N) is 1. The average molecular weight is 209 g/mol. The molecule has 0 amide bonds. The summed E-state index contributed by atoms with van der Waals surface area (Å²) in [6.07, 6.45) is 0.665. The molecular formula is C11H12FNO2. The monoisotopic (exact) mass is 209 g/mol. The van der Waals surface area contributed by atoms with E-state index in [1.165, 1.54) is 6.07 Å². The molecule has 4 heteroatoms. The molecule has 2 N–H and O–H groups in total. The second kappa shape index (κ2) is 3.98. The summed E-state index contributed by atoms with van der Waals surface area (Å²) in [5.41, 5.74) is 0.495. The minimum absolute atomic E-state index is 0.260. The van der Waals surface area contributed by atoms with Crippen LogP contribution < -0.4 is 5.32 Å². The lowest BCUT2D eigenvalue weighted by molar-refractivity contribution is -0.139. The zero-order valence-electron chi connectivity index (χ0n) is 8.11. The number of aliphatic carboxylic acids is 1. The molecule has 1 aliphatic rings. The molecule has 1 fully saturated rings. The maximum Gasteiger partial charge on any atom is 0.321 e. The van der Waals surface area contributed by atoms with Crippen LogP contribution in [-0.2, 0) is 4.79 Å². The fraction of sp³-hybridized carbons (Fsp3) is 0.364. The van der Waals surface area contributed by atoms with Crippen molar-refractivity contribution in [1.82, 2.24) is 5.32 Å². The van der Waals surface area contributed by atoms with Gasteiger partial charge in [0.2, 0.25) is 0 Å². The van der Waals surface area contributed by atoms with Crippen LogP contribution in [0.5, 0.6) is 0 Å². The summed E-state index contributed by atoms with van der Waals surface area (Å²) in [4.78, 5) is 10.9. The summed E-state index contributed by atoms with van der Waals surface area (Å²) in [7, 11) is 0. The maximum absolute atomic E-state index is 13.5. The molecule has 1 aromatic carbocycles. The van der Waals surface area contributed by atoms with E-state index in [0.717, 1.165) is 0 Å². The standard InChI is InChI=1S/C11H12FNO2/c12-9-4-2-1-3-7(9)8-5-6-13-10(8)11(14)15/h1-4,8,10,13H,5-6H2,(H,14,15)/t8-,10+/m1/s1.